The zero-order chi connectivity index (χ0) is 31.8. The van der Waals surface area contributed by atoms with E-state index in [0.717, 1.165) is 62.5 Å². The average Bonchev–Trinajstić information content (AvgIpc) is 3.78. The molecule has 226 valence electrons. The molecule has 0 N–H and O–H groups in total. The molecule has 0 aliphatic rings. The first-order valence-corrected chi connectivity index (χ1v) is 15.5. The monoisotopic (exact) mass is 608 g/mol. The number of aromatic nitrogens is 6. The molecule has 0 aliphatic carbocycles. The van der Waals surface area contributed by atoms with Gasteiger partial charge in [-0.3, -0.25) is 9.13 Å². The molecular weight excluding hydrogens is 576 g/mol. The van der Waals surface area contributed by atoms with Crippen LogP contribution in [-0.4, -0.2) is 29.5 Å². The molecule has 0 fully saturated rings. The summed E-state index contributed by atoms with van der Waals surface area (Å²) in [4.78, 5) is 0. The largest absolute Gasteiger partial charge is 0.279 e. The van der Waals surface area contributed by atoms with Gasteiger partial charge in [-0.15, -0.1) is 20.4 Å². The first kappa shape index (κ1) is 29.3. The van der Waals surface area contributed by atoms with E-state index in [1.807, 2.05) is 103 Å². The molecule has 0 radical (unpaired) electrons. The summed E-state index contributed by atoms with van der Waals surface area (Å²) >= 11 is 0. The van der Waals surface area contributed by atoms with Crippen molar-refractivity contribution in [2.45, 2.75) is 6.42 Å². The van der Waals surface area contributed by atoms with Crippen LogP contribution in [0.15, 0.2) is 176 Å². The summed E-state index contributed by atoms with van der Waals surface area (Å²) in [6.45, 7) is 4.42. The lowest BCUT2D eigenvalue weighted by molar-refractivity contribution is 0.922. The molecule has 2 heterocycles. The van der Waals surface area contributed by atoms with Gasteiger partial charge in [-0.1, -0.05) is 152 Å². The van der Waals surface area contributed by atoms with E-state index in [1.54, 1.807) is 0 Å². The van der Waals surface area contributed by atoms with E-state index < -0.39 is 0 Å². The first-order valence-electron chi connectivity index (χ1n) is 15.5. The molecule has 7 aromatic rings. The number of nitrogens with zero attached hydrogens (tertiary/aromatic N) is 6. The van der Waals surface area contributed by atoms with Crippen molar-refractivity contribution in [2.24, 2.45) is 0 Å². The average molecular weight is 609 g/mol. The van der Waals surface area contributed by atoms with Crippen molar-refractivity contribution in [1.29, 1.82) is 0 Å². The van der Waals surface area contributed by atoms with Crippen molar-refractivity contribution >= 4 is 5.57 Å². The van der Waals surface area contributed by atoms with E-state index in [2.05, 4.69) is 97.7 Å². The van der Waals surface area contributed by atoms with Crippen LogP contribution in [0.25, 0.3) is 51.1 Å². The fourth-order valence-corrected chi connectivity index (χ4v) is 5.60. The zero-order valence-electron chi connectivity index (χ0n) is 25.8. The van der Waals surface area contributed by atoms with Crippen molar-refractivity contribution in [3.63, 3.8) is 0 Å². The van der Waals surface area contributed by atoms with Crippen molar-refractivity contribution in [2.75, 3.05) is 0 Å². The van der Waals surface area contributed by atoms with Crippen LogP contribution in [0.2, 0.25) is 0 Å². The Hall–Kier alpha value is -6.40. The SMILES string of the molecule is C=C(/C=C\C=C/Cc1nnc(-c2ccccc2)n1-c1ccccc1)c1ccccc1-c1nnc(-c2ccccc2)n1-c1ccccc1. The lowest BCUT2D eigenvalue weighted by atomic mass is 9.99. The van der Waals surface area contributed by atoms with E-state index in [9.17, 15) is 0 Å². The second kappa shape index (κ2) is 13.7. The summed E-state index contributed by atoms with van der Waals surface area (Å²) in [5.74, 6) is 3.22. The van der Waals surface area contributed by atoms with Gasteiger partial charge in [-0.25, -0.2) is 0 Å². The predicted octanol–water partition coefficient (Wildman–Crippen LogP) is 9.22. The second-order valence-corrected chi connectivity index (χ2v) is 10.9. The Labute approximate surface area is 274 Å². The molecule has 6 heteroatoms. The van der Waals surface area contributed by atoms with E-state index >= 15 is 0 Å². The van der Waals surface area contributed by atoms with Gasteiger partial charge in [0.05, 0.1) is 0 Å². The lowest BCUT2D eigenvalue weighted by Crippen LogP contribution is -2.02. The minimum atomic E-state index is 0.616. The Morgan fingerprint density at radius 3 is 1.64 bits per heavy atom. The van der Waals surface area contributed by atoms with Crippen molar-refractivity contribution in [3.8, 4) is 45.5 Å². The molecule has 47 heavy (non-hydrogen) atoms. The van der Waals surface area contributed by atoms with Gasteiger partial charge < -0.3 is 0 Å². The van der Waals surface area contributed by atoms with Gasteiger partial charge in [-0.05, 0) is 35.4 Å². The van der Waals surface area contributed by atoms with E-state index in [0.29, 0.717) is 6.42 Å². The standard InChI is InChI=1S/C41H32N6/c1-31(19-7-2-16-30-38-42-43-39(32-20-8-3-9-21-32)46(38)34-24-12-5-13-25-34)36-28-17-18-29-37(36)41-45-44-40(33-22-10-4-11-23-33)47(41)35-26-14-6-15-27-35/h2-29H,1,30H2/b16-2-,19-7-. The topological polar surface area (TPSA) is 61.4 Å². The summed E-state index contributed by atoms with van der Waals surface area (Å²) in [6.07, 6.45) is 8.77. The number of allylic oxidation sites excluding steroid dienone is 5. The molecule has 0 amide bonds. The predicted molar refractivity (Wildman–Crippen MR) is 190 cm³/mol. The van der Waals surface area contributed by atoms with E-state index in [-0.39, 0.29) is 0 Å². The highest BCUT2D eigenvalue weighted by Gasteiger charge is 2.19. The molecule has 0 spiro atoms. The Balaban J connectivity index is 1.15. The van der Waals surface area contributed by atoms with Crippen LogP contribution < -0.4 is 0 Å². The molecule has 7 rings (SSSR count). The third-order valence-electron chi connectivity index (χ3n) is 7.84. The molecule has 0 unspecified atom stereocenters. The van der Waals surface area contributed by atoms with Crippen LogP contribution >= 0.6 is 0 Å². The van der Waals surface area contributed by atoms with Gasteiger partial charge in [0.2, 0.25) is 0 Å². The fraction of sp³-hybridized carbons (Fsp3) is 0.0244. The highest BCUT2D eigenvalue weighted by atomic mass is 15.3. The highest BCUT2D eigenvalue weighted by Crippen LogP contribution is 2.33. The van der Waals surface area contributed by atoms with Crippen molar-refractivity contribution in [1.82, 2.24) is 29.5 Å². The Bertz CT molecular complexity index is 2160. The molecule has 0 bridgehead atoms. The van der Waals surface area contributed by atoms with E-state index in [1.165, 1.54) is 0 Å². The van der Waals surface area contributed by atoms with Crippen LogP contribution in [-0.2, 0) is 6.42 Å². The van der Waals surface area contributed by atoms with Crippen LogP contribution in [0.4, 0.5) is 0 Å². The smallest absolute Gasteiger partial charge is 0.169 e. The maximum Gasteiger partial charge on any atom is 0.169 e. The second-order valence-electron chi connectivity index (χ2n) is 10.9. The maximum absolute atomic E-state index is 4.70. The molecule has 5 aromatic carbocycles. The molecule has 6 nitrogen and oxygen atoms in total. The minimum Gasteiger partial charge on any atom is -0.279 e. The maximum atomic E-state index is 4.70. The quantitative estimate of drug-likeness (QED) is 0.145. The van der Waals surface area contributed by atoms with E-state index in [4.69, 9.17) is 5.10 Å². The molecule has 0 saturated heterocycles. The number of rotatable bonds is 10. The number of benzene rings is 5. The number of hydrogen-bond acceptors (Lipinski definition) is 4. The molecule has 0 aliphatic heterocycles. The zero-order valence-corrected chi connectivity index (χ0v) is 25.8. The summed E-state index contributed by atoms with van der Waals surface area (Å²) < 4.78 is 4.22. The van der Waals surface area contributed by atoms with Crippen LogP contribution in [0, 0.1) is 0 Å². The van der Waals surface area contributed by atoms with Crippen LogP contribution in [0.1, 0.15) is 11.4 Å². The highest BCUT2D eigenvalue weighted by molar-refractivity contribution is 5.83. The van der Waals surface area contributed by atoms with Crippen molar-refractivity contribution in [3.05, 3.63) is 188 Å². The van der Waals surface area contributed by atoms with Gasteiger partial charge in [0, 0.05) is 34.5 Å². The lowest BCUT2D eigenvalue weighted by Gasteiger charge is -2.13. The van der Waals surface area contributed by atoms with Crippen molar-refractivity contribution < 1.29 is 0 Å². The number of hydrogen-bond donors (Lipinski definition) is 0. The first-order chi connectivity index (χ1) is 23.3. The van der Waals surface area contributed by atoms with Gasteiger partial charge in [0.25, 0.3) is 0 Å². The van der Waals surface area contributed by atoms with Gasteiger partial charge >= 0.3 is 0 Å². The van der Waals surface area contributed by atoms with Gasteiger partial charge in [0.1, 0.15) is 5.82 Å². The molecular formula is C41H32N6. The van der Waals surface area contributed by atoms with Crippen LogP contribution in [0.3, 0.4) is 0 Å². The fourth-order valence-electron chi connectivity index (χ4n) is 5.60. The third kappa shape index (κ3) is 6.26. The summed E-state index contributed by atoms with van der Waals surface area (Å²) in [5, 5.41) is 18.5. The normalized spacial score (nSPS) is 11.4. The van der Waals surface area contributed by atoms with Gasteiger partial charge in [0.15, 0.2) is 17.5 Å². The Kier molecular flexibility index (Phi) is 8.55. The van der Waals surface area contributed by atoms with Gasteiger partial charge in [-0.2, -0.15) is 0 Å². The third-order valence-corrected chi connectivity index (χ3v) is 7.84. The summed E-state index contributed by atoms with van der Waals surface area (Å²) in [5.41, 5.74) is 6.84. The Morgan fingerprint density at radius 2 is 1.00 bits per heavy atom. The molecule has 0 atom stereocenters. The number of para-hydroxylation sites is 2. The summed E-state index contributed by atoms with van der Waals surface area (Å²) in [6, 6.07) is 48.9. The van der Waals surface area contributed by atoms with Crippen LogP contribution in [0.5, 0.6) is 0 Å². The molecule has 2 aromatic heterocycles. The summed E-state index contributed by atoms with van der Waals surface area (Å²) in [7, 11) is 0. The Morgan fingerprint density at radius 1 is 0.511 bits per heavy atom. The minimum absolute atomic E-state index is 0.616. The molecule has 0 saturated carbocycles.